The van der Waals surface area contributed by atoms with Crippen molar-refractivity contribution in [3.05, 3.63) is 82.5 Å². The molecule has 0 unspecified atom stereocenters. The molecule has 4 aromatic rings. The number of likely N-dealkylation sites (N-methyl/N-ethyl adjacent to an activating group) is 1. The molecule has 0 aliphatic carbocycles. The third-order valence-corrected chi connectivity index (χ3v) is 13.1. The number of amidine groups is 2. The Kier molecular flexibility index (Phi) is 15.9. The van der Waals surface area contributed by atoms with E-state index < -0.39 is 11.7 Å². The number of halogens is 1. The maximum absolute atomic E-state index is 13.2. The molecular weight excluding hydrogens is 868 g/mol. The molecule has 3 aromatic carbocycles. The van der Waals surface area contributed by atoms with E-state index in [1.54, 1.807) is 49.3 Å². The molecule has 17 nitrogen and oxygen atoms in total. The average Bonchev–Trinajstić information content (AvgIpc) is 3.27. The van der Waals surface area contributed by atoms with Gasteiger partial charge in [0, 0.05) is 94.4 Å². The lowest BCUT2D eigenvalue weighted by Crippen LogP contribution is -2.48. The molecule has 3 amide bonds. The van der Waals surface area contributed by atoms with Gasteiger partial charge in [-0.3, -0.25) is 35.0 Å². The van der Waals surface area contributed by atoms with Gasteiger partial charge in [0.1, 0.15) is 28.2 Å². The van der Waals surface area contributed by atoms with E-state index in [9.17, 15) is 24.6 Å². The second-order valence-corrected chi connectivity index (χ2v) is 18.2. The number of anilines is 4. The van der Waals surface area contributed by atoms with Crippen molar-refractivity contribution in [3.8, 4) is 11.5 Å². The van der Waals surface area contributed by atoms with Gasteiger partial charge in [0.15, 0.2) is 11.7 Å². The SMILES string of the molecule is CCNC(=O)C(=N)N(C(=N)c1cc(C(C)C)c(O)cc1O)c1ccc(CN2CCN(C(=O)CCC(=O)Nc3cccc(Sc4ncc(N5CCC(C)(N)CC5)nc4NC)c3Cl)CC2)cc1. The minimum Gasteiger partial charge on any atom is -0.508 e. The van der Waals surface area contributed by atoms with Gasteiger partial charge in [-0.05, 0) is 74.1 Å². The summed E-state index contributed by atoms with van der Waals surface area (Å²) in [7, 11) is 1.79. The molecule has 19 heteroatoms. The van der Waals surface area contributed by atoms with Gasteiger partial charge in [0.2, 0.25) is 11.8 Å². The number of piperidine rings is 1. The van der Waals surface area contributed by atoms with Gasteiger partial charge in [0.05, 0.1) is 22.5 Å². The van der Waals surface area contributed by atoms with E-state index >= 15 is 0 Å². The normalized spacial score (nSPS) is 15.1. The van der Waals surface area contributed by atoms with Gasteiger partial charge in [-0.1, -0.05) is 55.4 Å². The molecular formula is C46H59ClN12O5S. The third-order valence-electron chi connectivity index (χ3n) is 11.6. The van der Waals surface area contributed by atoms with Gasteiger partial charge >= 0.3 is 0 Å². The first-order chi connectivity index (χ1) is 31.0. The Morgan fingerprint density at radius 1 is 0.985 bits per heavy atom. The fourth-order valence-corrected chi connectivity index (χ4v) is 8.83. The summed E-state index contributed by atoms with van der Waals surface area (Å²) >= 11 is 8.13. The van der Waals surface area contributed by atoms with E-state index in [0.29, 0.717) is 70.4 Å². The topological polar surface area (TPSA) is 240 Å². The van der Waals surface area contributed by atoms with Gasteiger partial charge in [0.25, 0.3) is 5.91 Å². The Hall–Kier alpha value is -5.95. The summed E-state index contributed by atoms with van der Waals surface area (Å²) in [6.45, 7) is 12.2. The van der Waals surface area contributed by atoms with Crippen molar-refractivity contribution in [3.63, 3.8) is 0 Å². The minimum atomic E-state index is -0.687. The van der Waals surface area contributed by atoms with Crippen LogP contribution in [-0.2, 0) is 20.9 Å². The zero-order chi connectivity index (χ0) is 47.0. The Balaban J connectivity index is 0.999. The number of rotatable bonds is 14. The number of hydrogen-bond donors (Lipinski definition) is 8. The van der Waals surface area contributed by atoms with Crippen molar-refractivity contribution in [1.82, 2.24) is 25.1 Å². The predicted octanol–water partition coefficient (Wildman–Crippen LogP) is 6.18. The molecule has 0 atom stereocenters. The number of carbonyl (C=O) groups is 3. The maximum Gasteiger partial charge on any atom is 0.287 e. The first kappa shape index (κ1) is 48.5. The standard InChI is InChI=1S/C46H59ClN12O5S/c1-6-52-44(64)42(49)59(41(48)32-24-31(28(2)3)34(60)25-35(32)61)30-12-10-29(11-13-30)27-56-20-22-58(23-21-56)39(63)15-14-38(62)54-33-8-7-9-36(40(33)47)65-45-43(51-5)55-37(26-53-45)57-18-16-46(4,50)17-19-57/h7-13,24-26,28,48-49,60-61H,6,14-23,27,50H2,1-5H3,(H,51,55)(H,52,64)(H,54,62). The number of benzene rings is 3. The highest BCUT2D eigenvalue weighted by atomic mass is 35.5. The zero-order valence-corrected chi connectivity index (χ0v) is 39.1. The van der Waals surface area contributed by atoms with E-state index in [1.807, 2.05) is 32.0 Å². The zero-order valence-electron chi connectivity index (χ0n) is 37.5. The Bertz CT molecular complexity index is 2400. The number of piperazine rings is 1. The Morgan fingerprint density at radius 2 is 1.68 bits per heavy atom. The number of phenols is 2. The number of phenolic OH excluding ortho intramolecular Hbond substituents is 2. The van der Waals surface area contributed by atoms with E-state index in [1.165, 1.54) is 23.9 Å². The predicted molar refractivity (Wildman–Crippen MR) is 257 cm³/mol. The summed E-state index contributed by atoms with van der Waals surface area (Å²) in [4.78, 5) is 56.7. The Morgan fingerprint density at radius 3 is 2.32 bits per heavy atom. The van der Waals surface area contributed by atoms with Crippen LogP contribution in [0.4, 0.5) is 23.0 Å². The summed E-state index contributed by atoms with van der Waals surface area (Å²) in [5.74, 6) is -1.10. The molecule has 346 valence electrons. The van der Waals surface area contributed by atoms with E-state index in [4.69, 9.17) is 38.1 Å². The average molecular weight is 928 g/mol. The van der Waals surface area contributed by atoms with Crippen molar-refractivity contribution in [1.29, 1.82) is 10.8 Å². The first-order valence-corrected chi connectivity index (χ1v) is 22.9. The largest absolute Gasteiger partial charge is 0.508 e. The van der Waals surface area contributed by atoms with Crippen molar-refractivity contribution < 1.29 is 24.6 Å². The molecule has 65 heavy (non-hydrogen) atoms. The lowest BCUT2D eigenvalue weighted by Gasteiger charge is -2.37. The van der Waals surface area contributed by atoms with Crippen LogP contribution in [0, 0.1) is 10.8 Å². The molecule has 1 aromatic heterocycles. The van der Waals surface area contributed by atoms with Crippen LogP contribution >= 0.6 is 23.4 Å². The molecule has 2 aliphatic heterocycles. The lowest BCUT2D eigenvalue weighted by atomic mass is 9.91. The van der Waals surface area contributed by atoms with E-state index in [2.05, 4.69) is 32.7 Å². The lowest BCUT2D eigenvalue weighted by molar-refractivity contribution is -0.134. The second-order valence-electron chi connectivity index (χ2n) is 16.8. The number of nitrogens with zero attached hydrogens (tertiary/aromatic N) is 6. The summed E-state index contributed by atoms with van der Waals surface area (Å²) in [5.41, 5.74) is 8.47. The molecule has 0 bridgehead atoms. The van der Waals surface area contributed by atoms with Crippen LogP contribution in [0.5, 0.6) is 11.5 Å². The van der Waals surface area contributed by atoms with Crippen molar-refractivity contribution in [2.75, 3.05) is 73.3 Å². The summed E-state index contributed by atoms with van der Waals surface area (Å²) in [5, 5.41) is 48.5. The van der Waals surface area contributed by atoms with Crippen LogP contribution in [0.15, 0.2) is 70.7 Å². The number of hydrogen-bond acceptors (Lipinski definition) is 14. The van der Waals surface area contributed by atoms with Gasteiger partial charge < -0.3 is 41.7 Å². The number of aromatic hydroxyl groups is 2. The summed E-state index contributed by atoms with van der Waals surface area (Å²) < 4.78 is 0. The molecule has 0 radical (unpaired) electrons. The fourth-order valence-electron chi connectivity index (χ4n) is 7.63. The molecule has 2 aliphatic rings. The van der Waals surface area contributed by atoms with Crippen LogP contribution in [0.25, 0.3) is 0 Å². The van der Waals surface area contributed by atoms with Crippen LogP contribution in [-0.4, -0.2) is 118 Å². The highest BCUT2D eigenvalue weighted by Crippen LogP contribution is 2.40. The van der Waals surface area contributed by atoms with E-state index in [0.717, 1.165) is 42.2 Å². The number of amides is 3. The van der Waals surface area contributed by atoms with Crippen molar-refractivity contribution in [2.45, 2.75) is 81.3 Å². The highest BCUT2D eigenvalue weighted by molar-refractivity contribution is 7.99. The van der Waals surface area contributed by atoms with Gasteiger partial charge in [-0.2, -0.15) is 0 Å². The summed E-state index contributed by atoms with van der Waals surface area (Å²) in [6.07, 6.45) is 3.53. The fraction of sp³-hybridized carbons (Fsp3) is 0.413. The van der Waals surface area contributed by atoms with E-state index in [-0.39, 0.29) is 65.6 Å². The van der Waals surface area contributed by atoms with Crippen LogP contribution in [0.1, 0.15) is 76.0 Å². The molecule has 6 rings (SSSR count). The van der Waals surface area contributed by atoms with Crippen LogP contribution in [0.2, 0.25) is 5.02 Å². The Labute approximate surface area is 389 Å². The molecule has 0 saturated carbocycles. The molecule has 3 heterocycles. The summed E-state index contributed by atoms with van der Waals surface area (Å²) in [6, 6.07) is 15.2. The van der Waals surface area contributed by atoms with Crippen LogP contribution in [0.3, 0.4) is 0 Å². The minimum absolute atomic E-state index is 0.00690. The second kappa shape index (κ2) is 21.4. The van der Waals surface area contributed by atoms with Crippen LogP contribution < -0.4 is 31.5 Å². The number of nitrogens with two attached hydrogens (primary N) is 1. The number of aromatic nitrogens is 2. The quantitative estimate of drug-likeness (QED) is 0.0521. The van der Waals surface area contributed by atoms with Gasteiger partial charge in [-0.15, -0.1) is 0 Å². The first-order valence-electron chi connectivity index (χ1n) is 21.7. The van der Waals surface area contributed by atoms with Crippen molar-refractivity contribution >= 4 is 75.8 Å². The third kappa shape index (κ3) is 12.0. The highest BCUT2D eigenvalue weighted by Gasteiger charge is 2.29. The number of carbonyl (C=O) groups excluding carboxylic acids is 3. The number of nitrogens with one attached hydrogen (secondary N) is 5. The molecule has 2 saturated heterocycles. The molecule has 9 N–H and O–H groups in total. The molecule has 2 fully saturated rings. The van der Waals surface area contributed by atoms with Gasteiger partial charge in [-0.25, -0.2) is 9.97 Å². The smallest absolute Gasteiger partial charge is 0.287 e. The monoisotopic (exact) mass is 926 g/mol. The maximum atomic E-state index is 13.2. The van der Waals surface area contributed by atoms with Crippen molar-refractivity contribution in [2.24, 2.45) is 5.73 Å². The molecule has 0 spiro atoms.